The summed E-state index contributed by atoms with van der Waals surface area (Å²) in [4.78, 5) is 8.39. The molecule has 17 heavy (non-hydrogen) atoms. The molecule has 0 unspecified atom stereocenters. The minimum absolute atomic E-state index is 0.519. The summed E-state index contributed by atoms with van der Waals surface area (Å²) in [6.07, 6.45) is 0. The summed E-state index contributed by atoms with van der Waals surface area (Å²) in [5.74, 6) is 1.82. The standard InChI is InChI=1S/C13H15N3O/c1-8-4-5-12(11(14)6-8)17-13-7-9(2)15-10(3)16-13/h4-7H,14H2,1-3H3. The van der Waals surface area contributed by atoms with Crippen LogP contribution in [0.15, 0.2) is 24.3 Å². The largest absolute Gasteiger partial charge is 0.437 e. The van der Waals surface area contributed by atoms with Crippen molar-refractivity contribution in [1.29, 1.82) is 0 Å². The minimum Gasteiger partial charge on any atom is -0.437 e. The molecular formula is C13H15N3O. The second-order valence-corrected chi connectivity index (χ2v) is 4.04. The van der Waals surface area contributed by atoms with E-state index in [0.717, 1.165) is 11.3 Å². The van der Waals surface area contributed by atoms with Gasteiger partial charge in [0, 0.05) is 11.8 Å². The van der Waals surface area contributed by atoms with Crippen LogP contribution < -0.4 is 10.5 Å². The third-order valence-electron chi connectivity index (χ3n) is 2.32. The molecule has 0 bridgehead atoms. The fourth-order valence-electron chi connectivity index (χ4n) is 1.61. The predicted octanol–water partition coefficient (Wildman–Crippen LogP) is 2.78. The van der Waals surface area contributed by atoms with Crippen molar-refractivity contribution >= 4 is 5.69 Å². The van der Waals surface area contributed by atoms with E-state index in [1.54, 1.807) is 6.07 Å². The Hall–Kier alpha value is -2.10. The number of ether oxygens (including phenoxy) is 1. The van der Waals surface area contributed by atoms with Crippen LogP contribution in [0, 0.1) is 20.8 Å². The van der Waals surface area contributed by atoms with Crippen molar-refractivity contribution in [2.45, 2.75) is 20.8 Å². The van der Waals surface area contributed by atoms with Crippen molar-refractivity contribution in [3.8, 4) is 11.6 Å². The molecule has 0 saturated heterocycles. The van der Waals surface area contributed by atoms with Gasteiger partial charge in [-0.1, -0.05) is 6.07 Å². The van der Waals surface area contributed by atoms with E-state index in [1.807, 2.05) is 39.0 Å². The first kappa shape index (κ1) is 11.4. The molecule has 1 aromatic carbocycles. The molecule has 0 radical (unpaired) electrons. The molecule has 0 atom stereocenters. The maximum Gasteiger partial charge on any atom is 0.222 e. The highest BCUT2D eigenvalue weighted by molar-refractivity contribution is 5.55. The van der Waals surface area contributed by atoms with Crippen molar-refractivity contribution in [2.75, 3.05) is 5.73 Å². The summed E-state index contributed by atoms with van der Waals surface area (Å²) in [6.45, 7) is 5.72. The van der Waals surface area contributed by atoms with Crippen LogP contribution in [0.5, 0.6) is 11.6 Å². The number of anilines is 1. The molecule has 0 saturated carbocycles. The van der Waals surface area contributed by atoms with Crippen molar-refractivity contribution < 1.29 is 4.74 Å². The van der Waals surface area contributed by atoms with Crippen LogP contribution in [0.3, 0.4) is 0 Å². The van der Waals surface area contributed by atoms with E-state index in [-0.39, 0.29) is 0 Å². The minimum atomic E-state index is 0.519. The second-order valence-electron chi connectivity index (χ2n) is 4.04. The lowest BCUT2D eigenvalue weighted by molar-refractivity contribution is 0.461. The Labute approximate surface area is 100 Å². The summed E-state index contributed by atoms with van der Waals surface area (Å²) in [7, 11) is 0. The lowest BCUT2D eigenvalue weighted by atomic mass is 10.2. The number of rotatable bonds is 2. The highest BCUT2D eigenvalue weighted by atomic mass is 16.5. The van der Waals surface area contributed by atoms with E-state index in [4.69, 9.17) is 10.5 Å². The molecule has 2 aromatic rings. The van der Waals surface area contributed by atoms with Gasteiger partial charge in [0.15, 0.2) is 5.75 Å². The monoisotopic (exact) mass is 229 g/mol. The first-order valence-corrected chi connectivity index (χ1v) is 5.41. The quantitative estimate of drug-likeness (QED) is 0.804. The number of nitrogen functional groups attached to an aromatic ring is 1. The number of hydrogen-bond donors (Lipinski definition) is 1. The molecule has 4 nitrogen and oxygen atoms in total. The van der Waals surface area contributed by atoms with Crippen LogP contribution in [-0.2, 0) is 0 Å². The van der Waals surface area contributed by atoms with Gasteiger partial charge in [-0.2, -0.15) is 4.98 Å². The Morgan fingerprint density at radius 1 is 1.06 bits per heavy atom. The van der Waals surface area contributed by atoms with Crippen molar-refractivity contribution in [2.24, 2.45) is 0 Å². The number of aryl methyl sites for hydroxylation is 3. The van der Waals surface area contributed by atoms with Crippen LogP contribution in [0.25, 0.3) is 0 Å². The summed E-state index contributed by atoms with van der Waals surface area (Å²) >= 11 is 0. The van der Waals surface area contributed by atoms with Crippen LogP contribution in [0.2, 0.25) is 0 Å². The molecule has 2 rings (SSSR count). The molecule has 0 amide bonds. The van der Waals surface area contributed by atoms with Crippen molar-refractivity contribution in [3.63, 3.8) is 0 Å². The third kappa shape index (κ3) is 2.72. The van der Waals surface area contributed by atoms with Gasteiger partial charge in [-0.25, -0.2) is 4.98 Å². The number of nitrogens with zero attached hydrogens (tertiary/aromatic N) is 2. The fourth-order valence-corrected chi connectivity index (χ4v) is 1.61. The number of benzene rings is 1. The highest BCUT2D eigenvalue weighted by Crippen LogP contribution is 2.27. The molecular weight excluding hydrogens is 214 g/mol. The molecule has 0 aliphatic rings. The van der Waals surface area contributed by atoms with E-state index in [1.165, 1.54) is 0 Å². The molecule has 0 spiro atoms. The molecule has 1 heterocycles. The van der Waals surface area contributed by atoms with E-state index in [9.17, 15) is 0 Å². The average molecular weight is 229 g/mol. The number of hydrogen-bond acceptors (Lipinski definition) is 4. The highest BCUT2D eigenvalue weighted by Gasteiger charge is 2.05. The van der Waals surface area contributed by atoms with Gasteiger partial charge in [0.25, 0.3) is 0 Å². The fraction of sp³-hybridized carbons (Fsp3) is 0.231. The maximum absolute atomic E-state index is 5.88. The first-order valence-electron chi connectivity index (χ1n) is 5.41. The summed E-state index contributed by atoms with van der Waals surface area (Å²) in [6, 6.07) is 7.45. The van der Waals surface area contributed by atoms with Crippen LogP contribution in [-0.4, -0.2) is 9.97 Å². The zero-order valence-electron chi connectivity index (χ0n) is 10.2. The number of aromatic nitrogens is 2. The van der Waals surface area contributed by atoms with Gasteiger partial charge in [-0.15, -0.1) is 0 Å². The van der Waals surface area contributed by atoms with Gasteiger partial charge < -0.3 is 10.5 Å². The van der Waals surface area contributed by atoms with Crippen molar-refractivity contribution in [3.05, 3.63) is 41.3 Å². The van der Waals surface area contributed by atoms with E-state index in [2.05, 4.69) is 9.97 Å². The van der Waals surface area contributed by atoms with E-state index < -0.39 is 0 Å². The second kappa shape index (κ2) is 4.41. The van der Waals surface area contributed by atoms with Gasteiger partial charge in [0.05, 0.1) is 5.69 Å². The topological polar surface area (TPSA) is 61.0 Å². The van der Waals surface area contributed by atoms with Gasteiger partial charge in [-0.3, -0.25) is 0 Å². The predicted molar refractivity (Wildman–Crippen MR) is 67.2 cm³/mol. The van der Waals surface area contributed by atoms with Gasteiger partial charge >= 0.3 is 0 Å². The number of nitrogens with two attached hydrogens (primary N) is 1. The van der Waals surface area contributed by atoms with Gasteiger partial charge in [-0.05, 0) is 38.5 Å². The molecule has 0 fully saturated rings. The molecule has 2 N–H and O–H groups in total. The average Bonchev–Trinajstić information content (AvgIpc) is 2.21. The molecule has 88 valence electrons. The Balaban J connectivity index is 2.31. The van der Waals surface area contributed by atoms with Crippen LogP contribution >= 0.6 is 0 Å². The maximum atomic E-state index is 5.88. The lowest BCUT2D eigenvalue weighted by Gasteiger charge is -2.09. The summed E-state index contributed by atoms with van der Waals surface area (Å²) in [5.41, 5.74) is 8.46. The molecule has 0 aliphatic carbocycles. The van der Waals surface area contributed by atoms with E-state index in [0.29, 0.717) is 23.1 Å². The Morgan fingerprint density at radius 2 is 1.82 bits per heavy atom. The third-order valence-corrected chi connectivity index (χ3v) is 2.32. The Morgan fingerprint density at radius 3 is 2.47 bits per heavy atom. The van der Waals surface area contributed by atoms with Gasteiger partial charge in [0.2, 0.25) is 5.88 Å². The van der Waals surface area contributed by atoms with Crippen LogP contribution in [0.1, 0.15) is 17.1 Å². The molecule has 0 aliphatic heterocycles. The van der Waals surface area contributed by atoms with Gasteiger partial charge in [0.1, 0.15) is 5.82 Å². The normalized spacial score (nSPS) is 10.3. The van der Waals surface area contributed by atoms with Crippen LogP contribution in [0.4, 0.5) is 5.69 Å². The molecule has 1 aromatic heterocycles. The molecule has 4 heteroatoms. The Bertz CT molecular complexity index is 532. The zero-order valence-corrected chi connectivity index (χ0v) is 10.2. The Kier molecular flexibility index (Phi) is 2.95. The first-order chi connectivity index (χ1) is 8.04. The zero-order chi connectivity index (χ0) is 12.4. The lowest BCUT2D eigenvalue weighted by Crippen LogP contribution is -1.97. The SMILES string of the molecule is Cc1ccc(Oc2cc(C)nc(C)n2)c(N)c1. The van der Waals surface area contributed by atoms with E-state index >= 15 is 0 Å². The van der Waals surface area contributed by atoms with Crippen molar-refractivity contribution in [1.82, 2.24) is 9.97 Å². The summed E-state index contributed by atoms with van der Waals surface area (Å²) < 4.78 is 5.65. The smallest absolute Gasteiger partial charge is 0.222 e. The summed E-state index contributed by atoms with van der Waals surface area (Å²) in [5, 5.41) is 0.